The Bertz CT molecular complexity index is 120. The third-order valence-electron chi connectivity index (χ3n) is 0.671. The first-order valence-corrected chi connectivity index (χ1v) is 2.76. The van der Waals surface area contributed by atoms with Crippen molar-refractivity contribution in [1.29, 1.82) is 0 Å². The van der Waals surface area contributed by atoms with Crippen LogP contribution in [0.15, 0.2) is 11.8 Å². The number of nitrogens with two attached hydrogens (primary N) is 1. The van der Waals surface area contributed by atoms with E-state index in [1.54, 1.807) is 0 Å². The minimum Gasteiger partial charge on any atom is -0.512 e. The molecule has 0 bridgehead atoms. The van der Waals surface area contributed by atoms with Crippen LogP contribution in [0.4, 0.5) is 0 Å². The molecule has 0 spiro atoms. The van der Waals surface area contributed by atoms with E-state index in [1.807, 2.05) is 6.92 Å². The summed E-state index contributed by atoms with van der Waals surface area (Å²) < 4.78 is 0. The Kier molecular flexibility index (Phi) is 3.19. The highest BCUT2D eigenvalue weighted by molar-refractivity contribution is 7.80. The van der Waals surface area contributed by atoms with Gasteiger partial charge in [-0.05, 0) is 0 Å². The van der Waals surface area contributed by atoms with Crippen molar-refractivity contribution in [2.24, 2.45) is 5.73 Å². The van der Waals surface area contributed by atoms with Crippen molar-refractivity contribution in [2.45, 2.75) is 13.3 Å². The Morgan fingerprint density at radius 2 is 2.38 bits per heavy atom. The minimum atomic E-state index is 0.226. The summed E-state index contributed by atoms with van der Waals surface area (Å²) >= 11 is 4.48. The van der Waals surface area contributed by atoms with Crippen molar-refractivity contribution in [3.63, 3.8) is 0 Å². The summed E-state index contributed by atoms with van der Waals surface area (Å²) in [6.07, 6.45) is 1.95. The Balaban J connectivity index is 3.75. The number of hydrogen-bond donors (Lipinski definition) is 2. The highest BCUT2D eigenvalue weighted by Crippen LogP contribution is 1.91. The zero-order chi connectivity index (χ0) is 6.57. The Morgan fingerprint density at radius 3 is 2.50 bits per heavy atom. The fraction of sp³-hybridized carbons (Fsp3) is 0.400. The molecular weight excluding hydrogens is 122 g/mol. The maximum Gasteiger partial charge on any atom is 0.0995 e. The van der Waals surface area contributed by atoms with Gasteiger partial charge in [0.2, 0.25) is 0 Å². The standard InChI is InChI=1S/C5H9NOS/c1-2-4(7)3-5(6)8/h3,7H,2H2,1H3,(H2,6,8)/b4-3-. The molecule has 0 rings (SSSR count). The van der Waals surface area contributed by atoms with Crippen LogP contribution in [0.2, 0.25) is 0 Å². The van der Waals surface area contributed by atoms with Gasteiger partial charge < -0.3 is 10.8 Å². The van der Waals surface area contributed by atoms with E-state index in [1.165, 1.54) is 6.08 Å². The molecule has 3 heteroatoms. The van der Waals surface area contributed by atoms with Gasteiger partial charge in [-0.15, -0.1) is 0 Å². The second-order valence-electron chi connectivity index (χ2n) is 1.39. The van der Waals surface area contributed by atoms with E-state index in [9.17, 15) is 0 Å². The first-order chi connectivity index (χ1) is 3.66. The molecule has 0 fully saturated rings. The van der Waals surface area contributed by atoms with Gasteiger partial charge in [-0.2, -0.15) is 0 Å². The van der Waals surface area contributed by atoms with Gasteiger partial charge in [0.1, 0.15) is 0 Å². The molecule has 46 valence electrons. The topological polar surface area (TPSA) is 46.2 Å². The fourth-order valence-electron chi connectivity index (χ4n) is 0.266. The summed E-state index contributed by atoms with van der Waals surface area (Å²) in [7, 11) is 0. The molecule has 0 atom stereocenters. The highest BCUT2D eigenvalue weighted by atomic mass is 32.1. The summed E-state index contributed by atoms with van der Waals surface area (Å²) in [6, 6.07) is 0. The Morgan fingerprint density at radius 1 is 1.88 bits per heavy atom. The molecule has 0 aliphatic heterocycles. The van der Waals surface area contributed by atoms with Crippen LogP contribution in [-0.4, -0.2) is 10.1 Å². The van der Waals surface area contributed by atoms with E-state index in [-0.39, 0.29) is 10.7 Å². The van der Waals surface area contributed by atoms with Gasteiger partial charge >= 0.3 is 0 Å². The van der Waals surface area contributed by atoms with E-state index in [0.717, 1.165) is 0 Å². The molecule has 0 radical (unpaired) electrons. The van der Waals surface area contributed by atoms with Gasteiger partial charge in [0, 0.05) is 12.5 Å². The SMILES string of the molecule is CC/C(O)=C/C(N)=S. The van der Waals surface area contributed by atoms with Crippen molar-refractivity contribution in [3.05, 3.63) is 11.8 Å². The molecule has 0 aliphatic carbocycles. The lowest BCUT2D eigenvalue weighted by Gasteiger charge is -1.89. The molecular formula is C5H9NOS. The normalized spacial score (nSPS) is 11.4. The number of aliphatic hydroxyl groups is 1. The van der Waals surface area contributed by atoms with Crippen LogP contribution in [0.25, 0.3) is 0 Å². The number of allylic oxidation sites excluding steroid dienone is 1. The van der Waals surface area contributed by atoms with Crippen molar-refractivity contribution < 1.29 is 5.11 Å². The largest absolute Gasteiger partial charge is 0.512 e. The van der Waals surface area contributed by atoms with E-state index in [2.05, 4.69) is 12.2 Å². The van der Waals surface area contributed by atoms with Crippen LogP contribution < -0.4 is 5.73 Å². The maximum atomic E-state index is 8.72. The van der Waals surface area contributed by atoms with Crippen molar-refractivity contribution in [1.82, 2.24) is 0 Å². The highest BCUT2D eigenvalue weighted by Gasteiger charge is 1.85. The molecule has 0 heterocycles. The molecule has 0 aromatic rings. The maximum absolute atomic E-state index is 8.72. The molecule has 2 nitrogen and oxygen atoms in total. The van der Waals surface area contributed by atoms with Crippen molar-refractivity contribution in [3.8, 4) is 0 Å². The van der Waals surface area contributed by atoms with Gasteiger partial charge in [0.25, 0.3) is 0 Å². The Labute approximate surface area is 54.0 Å². The number of rotatable bonds is 2. The van der Waals surface area contributed by atoms with E-state index < -0.39 is 0 Å². The van der Waals surface area contributed by atoms with Crippen LogP contribution in [-0.2, 0) is 0 Å². The van der Waals surface area contributed by atoms with Gasteiger partial charge in [-0.25, -0.2) is 0 Å². The van der Waals surface area contributed by atoms with Crippen LogP contribution in [0.1, 0.15) is 13.3 Å². The summed E-state index contributed by atoms with van der Waals surface area (Å²) in [5.41, 5.74) is 5.06. The summed E-state index contributed by atoms with van der Waals surface area (Å²) in [5.74, 6) is 0.234. The van der Waals surface area contributed by atoms with E-state index in [4.69, 9.17) is 10.8 Å². The van der Waals surface area contributed by atoms with Gasteiger partial charge in [-0.1, -0.05) is 19.1 Å². The monoisotopic (exact) mass is 131 g/mol. The first kappa shape index (κ1) is 7.43. The molecule has 8 heavy (non-hydrogen) atoms. The lowest BCUT2D eigenvalue weighted by Crippen LogP contribution is -2.03. The molecule has 0 aliphatic rings. The van der Waals surface area contributed by atoms with E-state index >= 15 is 0 Å². The first-order valence-electron chi connectivity index (χ1n) is 2.35. The number of aliphatic hydroxyl groups excluding tert-OH is 1. The average molecular weight is 131 g/mol. The molecule has 0 amide bonds. The summed E-state index contributed by atoms with van der Waals surface area (Å²) in [4.78, 5) is 0.226. The van der Waals surface area contributed by atoms with Crippen molar-refractivity contribution >= 4 is 17.2 Å². The molecule has 0 aromatic carbocycles. The lowest BCUT2D eigenvalue weighted by atomic mass is 10.4. The second kappa shape index (κ2) is 3.43. The molecule has 0 unspecified atom stereocenters. The van der Waals surface area contributed by atoms with Crippen LogP contribution in [0.5, 0.6) is 0 Å². The fourth-order valence-corrected chi connectivity index (χ4v) is 0.402. The van der Waals surface area contributed by atoms with Crippen molar-refractivity contribution in [2.75, 3.05) is 0 Å². The van der Waals surface area contributed by atoms with Crippen LogP contribution >= 0.6 is 12.2 Å². The zero-order valence-electron chi connectivity index (χ0n) is 4.72. The smallest absolute Gasteiger partial charge is 0.0995 e. The van der Waals surface area contributed by atoms with Crippen LogP contribution in [0.3, 0.4) is 0 Å². The van der Waals surface area contributed by atoms with Gasteiger partial charge in [0.15, 0.2) is 0 Å². The van der Waals surface area contributed by atoms with Gasteiger partial charge in [-0.3, -0.25) is 0 Å². The van der Waals surface area contributed by atoms with Crippen LogP contribution in [0, 0.1) is 0 Å². The number of thiocarbonyl (C=S) groups is 1. The molecule has 0 aromatic heterocycles. The predicted octanol–water partition coefficient (Wildman–Crippen LogP) is 1.12. The average Bonchev–Trinajstić information content (AvgIpc) is 1.65. The summed E-state index contributed by atoms with van der Waals surface area (Å²) in [6.45, 7) is 1.82. The van der Waals surface area contributed by atoms with Gasteiger partial charge in [0.05, 0.1) is 10.7 Å². The molecule has 0 saturated carbocycles. The third kappa shape index (κ3) is 3.61. The van der Waals surface area contributed by atoms with E-state index in [0.29, 0.717) is 6.42 Å². The third-order valence-corrected chi connectivity index (χ3v) is 0.789. The lowest BCUT2D eigenvalue weighted by molar-refractivity contribution is 0.395. The minimum absolute atomic E-state index is 0.226. The quantitative estimate of drug-likeness (QED) is 0.335. The summed E-state index contributed by atoms with van der Waals surface area (Å²) in [5, 5.41) is 8.72. The Hall–Kier alpha value is -0.570. The molecule has 0 saturated heterocycles. The number of hydrogen-bond acceptors (Lipinski definition) is 2. The predicted molar refractivity (Wildman–Crippen MR) is 37.8 cm³/mol. The zero-order valence-corrected chi connectivity index (χ0v) is 5.53. The second-order valence-corrected chi connectivity index (χ2v) is 1.86. The molecule has 3 N–H and O–H groups in total.